The highest BCUT2D eigenvalue weighted by molar-refractivity contribution is 8.00. The van der Waals surface area contributed by atoms with E-state index in [1.165, 1.54) is 6.07 Å². The Labute approximate surface area is 87.6 Å². The van der Waals surface area contributed by atoms with Crippen molar-refractivity contribution < 1.29 is 22.3 Å². The lowest BCUT2D eigenvalue weighted by atomic mass is 10.4. The van der Waals surface area contributed by atoms with Gasteiger partial charge in [0.2, 0.25) is 5.95 Å². The summed E-state index contributed by atoms with van der Waals surface area (Å²) < 4.78 is 52.3. The highest BCUT2D eigenvalue weighted by Crippen LogP contribution is 2.29. The summed E-state index contributed by atoms with van der Waals surface area (Å²) in [4.78, 5) is 3.29. The van der Waals surface area contributed by atoms with Crippen molar-refractivity contribution in [3.63, 3.8) is 0 Å². The summed E-state index contributed by atoms with van der Waals surface area (Å²) in [6.45, 7) is -0.0997. The molecule has 0 N–H and O–H groups in total. The number of hydrogen-bond acceptors (Lipinski definition) is 3. The van der Waals surface area contributed by atoms with Crippen molar-refractivity contribution in [2.45, 2.75) is 5.51 Å². The third-order valence-corrected chi connectivity index (χ3v) is 2.02. The van der Waals surface area contributed by atoms with Crippen LogP contribution in [0.5, 0.6) is 5.75 Å². The first-order chi connectivity index (χ1) is 6.97. The van der Waals surface area contributed by atoms with Crippen LogP contribution in [0.2, 0.25) is 0 Å². The Hall–Kier alpha value is -0.980. The van der Waals surface area contributed by atoms with Crippen LogP contribution in [0, 0.1) is 5.95 Å². The quantitative estimate of drug-likeness (QED) is 0.459. The van der Waals surface area contributed by atoms with Gasteiger partial charge in [-0.25, -0.2) is 4.98 Å². The van der Waals surface area contributed by atoms with Crippen LogP contribution < -0.4 is 4.74 Å². The van der Waals surface area contributed by atoms with E-state index in [9.17, 15) is 17.6 Å². The maximum Gasteiger partial charge on any atom is 0.441 e. The van der Waals surface area contributed by atoms with Crippen LogP contribution in [-0.2, 0) is 0 Å². The molecule has 0 fully saturated rings. The second-order valence-corrected chi connectivity index (χ2v) is 3.62. The van der Waals surface area contributed by atoms with Crippen molar-refractivity contribution in [1.82, 2.24) is 4.98 Å². The standard InChI is InChI=1S/C8H7F4NOS/c9-7-2-1-6(5-13-7)14-3-4-15-8(10,11)12/h1-2,5H,3-4H2. The second kappa shape index (κ2) is 5.20. The predicted molar refractivity (Wildman–Crippen MR) is 48.2 cm³/mol. The normalized spacial score (nSPS) is 11.5. The Morgan fingerprint density at radius 3 is 2.60 bits per heavy atom. The molecule has 15 heavy (non-hydrogen) atoms. The molecule has 0 saturated heterocycles. The molecule has 1 aromatic rings. The van der Waals surface area contributed by atoms with Crippen LogP contribution in [0.4, 0.5) is 17.6 Å². The van der Waals surface area contributed by atoms with Crippen LogP contribution in [0.15, 0.2) is 18.3 Å². The molecule has 1 heterocycles. The van der Waals surface area contributed by atoms with Gasteiger partial charge in [0.1, 0.15) is 5.75 Å². The molecule has 0 bridgehead atoms. The number of nitrogens with zero attached hydrogens (tertiary/aromatic N) is 1. The minimum Gasteiger partial charge on any atom is -0.491 e. The van der Waals surface area contributed by atoms with Gasteiger partial charge in [-0.2, -0.15) is 17.6 Å². The van der Waals surface area contributed by atoms with Crippen molar-refractivity contribution in [3.05, 3.63) is 24.3 Å². The summed E-state index contributed by atoms with van der Waals surface area (Å²) in [7, 11) is 0. The number of aromatic nitrogens is 1. The maximum atomic E-state index is 12.3. The number of halogens is 4. The number of rotatable bonds is 4. The van der Waals surface area contributed by atoms with Gasteiger partial charge >= 0.3 is 5.51 Å². The summed E-state index contributed by atoms with van der Waals surface area (Å²) in [5.41, 5.74) is -4.25. The van der Waals surface area contributed by atoms with E-state index >= 15 is 0 Å². The summed E-state index contributed by atoms with van der Waals surface area (Å²) >= 11 is -0.164. The molecule has 0 saturated carbocycles. The average molecular weight is 241 g/mol. The van der Waals surface area contributed by atoms with E-state index in [0.29, 0.717) is 0 Å². The van der Waals surface area contributed by atoms with E-state index in [1.54, 1.807) is 0 Å². The highest BCUT2D eigenvalue weighted by Gasteiger charge is 2.27. The van der Waals surface area contributed by atoms with Crippen molar-refractivity contribution in [2.24, 2.45) is 0 Å². The zero-order chi connectivity index (χ0) is 11.3. The smallest absolute Gasteiger partial charge is 0.441 e. The molecule has 84 valence electrons. The Balaban J connectivity index is 2.23. The summed E-state index contributed by atoms with van der Waals surface area (Å²) in [6.07, 6.45) is 1.12. The maximum absolute atomic E-state index is 12.3. The topological polar surface area (TPSA) is 22.1 Å². The summed E-state index contributed by atoms with van der Waals surface area (Å²) in [5.74, 6) is -0.618. The molecule has 7 heteroatoms. The molecule has 2 nitrogen and oxygen atoms in total. The zero-order valence-corrected chi connectivity index (χ0v) is 8.24. The van der Waals surface area contributed by atoms with Gasteiger partial charge in [-0.3, -0.25) is 0 Å². The molecule has 0 unspecified atom stereocenters. The van der Waals surface area contributed by atoms with E-state index in [2.05, 4.69) is 4.98 Å². The van der Waals surface area contributed by atoms with Gasteiger partial charge in [0.25, 0.3) is 0 Å². The lowest BCUT2D eigenvalue weighted by molar-refractivity contribution is -0.0329. The lowest BCUT2D eigenvalue weighted by Gasteiger charge is -2.07. The Morgan fingerprint density at radius 2 is 2.07 bits per heavy atom. The predicted octanol–water partition coefficient (Wildman–Crippen LogP) is 2.85. The van der Waals surface area contributed by atoms with Crippen molar-refractivity contribution in [2.75, 3.05) is 12.4 Å². The van der Waals surface area contributed by atoms with Gasteiger partial charge in [-0.1, -0.05) is 0 Å². The molecule has 0 amide bonds. The molecular formula is C8H7F4NOS. The highest BCUT2D eigenvalue weighted by atomic mass is 32.2. The van der Waals surface area contributed by atoms with Crippen molar-refractivity contribution in [3.8, 4) is 5.75 Å². The van der Waals surface area contributed by atoms with Gasteiger partial charge in [-0.15, -0.1) is 0 Å². The van der Waals surface area contributed by atoms with Gasteiger partial charge < -0.3 is 4.74 Å². The number of pyridine rings is 1. The minimum atomic E-state index is -4.25. The molecular weight excluding hydrogens is 234 g/mol. The summed E-state index contributed by atoms with van der Waals surface area (Å²) in [5, 5.41) is 0. The SMILES string of the molecule is Fc1ccc(OCCSC(F)(F)F)cn1. The van der Waals surface area contributed by atoms with Crippen molar-refractivity contribution >= 4 is 11.8 Å². The molecule has 0 spiro atoms. The number of ether oxygens (including phenoxy) is 1. The van der Waals surface area contributed by atoms with E-state index in [4.69, 9.17) is 4.74 Å². The third-order valence-electron chi connectivity index (χ3n) is 1.32. The first kappa shape index (κ1) is 12.1. The van der Waals surface area contributed by atoms with Crippen molar-refractivity contribution in [1.29, 1.82) is 0 Å². The number of alkyl halides is 3. The third kappa shape index (κ3) is 5.46. The Kier molecular flexibility index (Phi) is 4.19. The van der Waals surface area contributed by atoms with Crippen LogP contribution in [0.25, 0.3) is 0 Å². The number of thioether (sulfide) groups is 1. The first-order valence-corrected chi connectivity index (χ1v) is 4.91. The zero-order valence-electron chi connectivity index (χ0n) is 7.42. The van der Waals surface area contributed by atoms with Gasteiger partial charge in [0.15, 0.2) is 0 Å². The van der Waals surface area contributed by atoms with E-state index in [0.717, 1.165) is 12.3 Å². The van der Waals surface area contributed by atoms with E-state index in [-0.39, 0.29) is 29.9 Å². The van der Waals surface area contributed by atoms with Crippen LogP contribution in [0.3, 0.4) is 0 Å². The van der Waals surface area contributed by atoms with Crippen LogP contribution in [0.1, 0.15) is 0 Å². The summed E-state index contributed by atoms with van der Waals surface area (Å²) in [6, 6.07) is 2.38. The fourth-order valence-corrected chi connectivity index (χ4v) is 1.16. The average Bonchev–Trinajstić information content (AvgIpc) is 2.14. The van der Waals surface area contributed by atoms with E-state index in [1.807, 2.05) is 0 Å². The number of hydrogen-bond donors (Lipinski definition) is 0. The van der Waals surface area contributed by atoms with Gasteiger partial charge in [0, 0.05) is 5.75 Å². The largest absolute Gasteiger partial charge is 0.491 e. The Morgan fingerprint density at radius 1 is 1.33 bits per heavy atom. The lowest BCUT2D eigenvalue weighted by Crippen LogP contribution is -2.07. The fraction of sp³-hybridized carbons (Fsp3) is 0.375. The molecule has 0 aliphatic carbocycles. The molecule has 1 aromatic heterocycles. The molecule has 0 atom stereocenters. The molecule has 0 aliphatic heterocycles. The fourth-order valence-electron chi connectivity index (χ4n) is 0.765. The van der Waals surface area contributed by atoms with Gasteiger partial charge in [0.05, 0.1) is 12.8 Å². The minimum absolute atomic E-state index is 0.0997. The second-order valence-electron chi connectivity index (χ2n) is 2.46. The van der Waals surface area contributed by atoms with Crippen LogP contribution >= 0.6 is 11.8 Å². The molecule has 1 rings (SSSR count). The van der Waals surface area contributed by atoms with Gasteiger partial charge in [-0.05, 0) is 23.9 Å². The Bertz CT molecular complexity index is 301. The first-order valence-electron chi connectivity index (χ1n) is 3.92. The monoisotopic (exact) mass is 241 g/mol. The molecule has 0 aliphatic rings. The van der Waals surface area contributed by atoms with Crippen LogP contribution in [-0.4, -0.2) is 22.9 Å². The molecule has 0 radical (unpaired) electrons. The molecule has 0 aromatic carbocycles. The van der Waals surface area contributed by atoms with E-state index < -0.39 is 11.5 Å².